The van der Waals surface area contributed by atoms with Crippen LogP contribution in [-0.4, -0.2) is 11.9 Å². The molecule has 2 nitrogen and oxygen atoms in total. The summed E-state index contributed by atoms with van der Waals surface area (Å²) < 4.78 is 6.14. The molecule has 1 atom stereocenters. The topological polar surface area (TPSA) is 26.3 Å². The van der Waals surface area contributed by atoms with Crippen LogP contribution in [0.5, 0.6) is 5.75 Å². The first-order chi connectivity index (χ1) is 8.30. The van der Waals surface area contributed by atoms with Crippen molar-refractivity contribution in [1.29, 1.82) is 0 Å². The summed E-state index contributed by atoms with van der Waals surface area (Å²) >= 11 is 0. The monoisotopic (exact) mass is 246 g/mol. The number of ether oxygens (including phenoxy) is 1. The second-order valence-electron chi connectivity index (χ2n) is 6.48. The maximum atomic E-state index is 12.2. The van der Waals surface area contributed by atoms with Gasteiger partial charge in [-0.2, -0.15) is 0 Å². The molecule has 0 saturated carbocycles. The van der Waals surface area contributed by atoms with Crippen molar-refractivity contribution >= 4 is 5.78 Å². The second-order valence-corrected chi connectivity index (χ2v) is 6.48. The first kappa shape index (κ1) is 13.1. The van der Waals surface area contributed by atoms with Gasteiger partial charge in [-0.05, 0) is 23.0 Å². The maximum Gasteiger partial charge on any atom is 0.170 e. The highest BCUT2D eigenvalue weighted by molar-refractivity contribution is 6.00. The van der Waals surface area contributed by atoms with Gasteiger partial charge in [0, 0.05) is 6.42 Å². The van der Waals surface area contributed by atoms with E-state index in [1.165, 1.54) is 0 Å². The Bertz CT molecular complexity index is 466. The number of hydrogen-bond acceptors (Lipinski definition) is 2. The molecule has 2 rings (SSSR count). The molecule has 1 heterocycles. The average Bonchev–Trinajstić information content (AvgIpc) is 2.26. The number of rotatable bonds is 1. The predicted octanol–water partition coefficient (Wildman–Crippen LogP) is 4.19. The van der Waals surface area contributed by atoms with Crippen molar-refractivity contribution in [1.82, 2.24) is 0 Å². The number of hydrogen-bond donors (Lipinski definition) is 0. The molecule has 1 aromatic rings. The van der Waals surface area contributed by atoms with E-state index in [2.05, 4.69) is 40.7 Å². The lowest BCUT2D eigenvalue weighted by molar-refractivity contribution is 0.0537. The Labute approximate surface area is 109 Å². The molecule has 0 radical (unpaired) electrons. The Morgan fingerprint density at radius 2 is 1.94 bits per heavy atom. The lowest BCUT2D eigenvalue weighted by Gasteiger charge is -2.35. The van der Waals surface area contributed by atoms with E-state index >= 15 is 0 Å². The van der Waals surface area contributed by atoms with Gasteiger partial charge in [-0.1, -0.05) is 46.8 Å². The largest absolute Gasteiger partial charge is 0.488 e. The Hall–Kier alpha value is -1.31. The van der Waals surface area contributed by atoms with E-state index in [9.17, 15) is 4.79 Å². The van der Waals surface area contributed by atoms with Gasteiger partial charge < -0.3 is 4.74 Å². The number of carbonyl (C=O) groups excluding carboxylic acids is 1. The lowest BCUT2D eigenvalue weighted by Crippen LogP contribution is -2.38. The number of ketones is 1. The van der Waals surface area contributed by atoms with E-state index < -0.39 is 0 Å². The van der Waals surface area contributed by atoms with Crippen molar-refractivity contribution in [3.63, 3.8) is 0 Å². The van der Waals surface area contributed by atoms with E-state index in [1.807, 2.05) is 12.1 Å². The van der Waals surface area contributed by atoms with Crippen molar-refractivity contribution in [3.8, 4) is 5.75 Å². The fourth-order valence-corrected chi connectivity index (χ4v) is 2.31. The van der Waals surface area contributed by atoms with Gasteiger partial charge in [0.05, 0.1) is 5.56 Å². The van der Waals surface area contributed by atoms with Crippen LogP contribution in [0, 0.1) is 5.41 Å². The predicted molar refractivity (Wildman–Crippen MR) is 73.3 cm³/mol. The number of Topliss-reactive ketones (excluding diaryl/α,β-unsaturated/α-hetero) is 1. The Kier molecular flexibility index (Phi) is 3.22. The van der Waals surface area contributed by atoms with Crippen LogP contribution >= 0.6 is 0 Å². The fraction of sp³-hybridized carbons (Fsp3) is 0.562. The minimum absolute atomic E-state index is 0.0164. The number of carbonyl (C=O) groups is 1. The Morgan fingerprint density at radius 1 is 1.28 bits per heavy atom. The molecule has 0 aliphatic carbocycles. The first-order valence-corrected chi connectivity index (χ1v) is 6.63. The SMILES string of the molecule is CC(C)c1cccc2c1OC(C(C)(C)C)CC2=O. The molecule has 0 spiro atoms. The zero-order valence-electron chi connectivity index (χ0n) is 11.9. The number of para-hydroxylation sites is 1. The number of fused-ring (bicyclic) bond motifs is 1. The van der Waals surface area contributed by atoms with E-state index in [0.717, 1.165) is 16.9 Å². The van der Waals surface area contributed by atoms with Gasteiger partial charge in [-0.25, -0.2) is 0 Å². The average molecular weight is 246 g/mol. The van der Waals surface area contributed by atoms with Crippen molar-refractivity contribution in [2.24, 2.45) is 5.41 Å². The van der Waals surface area contributed by atoms with Gasteiger partial charge in [0.2, 0.25) is 0 Å². The highest BCUT2D eigenvalue weighted by Gasteiger charge is 2.35. The normalized spacial score (nSPS) is 19.7. The van der Waals surface area contributed by atoms with Crippen molar-refractivity contribution in [3.05, 3.63) is 29.3 Å². The molecule has 1 unspecified atom stereocenters. The molecule has 18 heavy (non-hydrogen) atoms. The van der Waals surface area contributed by atoms with Crippen molar-refractivity contribution in [2.45, 2.75) is 53.1 Å². The minimum atomic E-state index is -0.0302. The molecule has 1 aliphatic rings. The Balaban J connectivity index is 2.48. The molecule has 1 aliphatic heterocycles. The van der Waals surface area contributed by atoms with Crippen molar-refractivity contribution in [2.75, 3.05) is 0 Å². The highest BCUT2D eigenvalue weighted by Crippen LogP contribution is 2.39. The standard InChI is InChI=1S/C16H22O2/c1-10(2)11-7-6-8-12-13(17)9-14(16(3,4)5)18-15(11)12/h6-8,10,14H,9H2,1-5H3. The van der Waals surface area contributed by atoms with Gasteiger partial charge in [0.25, 0.3) is 0 Å². The third-order valence-corrected chi connectivity index (χ3v) is 3.56. The molecular formula is C16H22O2. The molecule has 1 aromatic carbocycles. The molecule has 0 saturated heterocycles. The molecule has 2 heteroatoms. The minimum Gasteiger partial charge on any atom is -0.488 e. The molecule has 98 valence electrons. The van der Waals surface area contributed by atoms with Gasteiger partial charge in [0.15, 0.2) is 5.78 Å². The molecule has 0 N–H and O–H groups in total. The van der Waals surface area contributed by atoms with Gasteiger partial charge >= 0.3 is 0 Å². The van der Waals surface area contributed by atoms with E-state index in [4.69, 9.17) is 4.74 Å². The van der Waals surface area contributed by atoms with Crippen LogP contribution in [0.2, 0.25) is 0 Å². The Morgan fingerprint density at radius 3 is 2.50 bits per heavy atom. The quantitative estimate of drug-likeness (QED) is 0.742. The molecule has 0 bridgehead atoms. The van der Waals surface area contributed by atoms with Gasteiger partial charge in [0.1, 0.15) is 11.9 Å². The summed E-state index contributed by atoms with van der Waals surface area (Å²) in [5, 5.41) is 0. The zero-order valence-corrected chi connectivity index (χ0v) is 11.9. The van der Waals surface area contributed by atoms with E-state index in [0.29, 0.717) is 12.3 Å². The van der Waals surface area contributed by atoms with Crippen LogP contribution in [0.15, 0.2) is 18.2 Å². The highest BCUT2D eigenvalue weighted by atomic mass is 16.5. The summed E-state index contributed by atoms with van der Waals surface area (Å²) in [6.07, 6.45) is 0.454. The van der Waals surface area contributed by atoms with Crippen LogP contribution in [0.1, 0.15) is 62.9 Å². The third kappa shape index (κ3) is 2.29. The van der Waals surface area contributed by atoms with Crippen LogP contribution < -0.4 is 4.74 Å². The van der Waals surface area contributed by atoms with Crippen LogP contribution in [0.25, 0.3) is 0 Å². The van der Waals surface area contributed by atoms with E-state index in [1.54, 1.807) is 0 Å². The zero-order chi connectivity index (χ0) is 13.5. The molecule has 0 amide bonds. The molecule has 0 aromatic heterocycles. The molecule has 0 fully saturated rings. The smallest absolute Gasteiger partial charge is 0.170 e. The summed E-state index contributed by atoms with van der Waals surface area (Å²) in [7, 11) is 0. The maximum absolute atomic E-state index is 12.2. The van der Waals surface area contributed by atoms with Crippen LogP contribution in [0.3, 0.4) is 0 Å². The second kappa shape index (κ2) is 4.42. The lowest BCUT2D eigenvalue weighted by atomic mass is 9.82. The third-order valence-electron chi connectivity index (χ3n) is 3.56. The summed E-state index contributed by atoms with van der Waals surface area (Å²) in [4.78, 5) is 12.2. The summed E-state index contributed by atoms with van der Waals surface area (Å²) in [6.45, 7) is 10.6. The summed E-state index contributed by atoms with van der Waals surface area (Å²) in [5.41, 5.74) is 1.87. The van der Waals surface area contributed by atoms with Gasteiger partial charge in [-0.15, -0.1) is 0 Å². The van der Waals surface area contributed by atoms with Crippen LogP contribution in [-0.2, 0) is 0 Å². The van der Waals surface area contributed by atoms with Gasteiger partial charge in [-0.3, -0.25) is 4.79 Å². The summed E-state index contributed by atoms with van der Waals surface area (Å²) in [5.74, 6) is 1.38. The first-order valence-electron chi connectivity index (χ1n) is 6.63. The summed E-state index contributed by atoms with van der Waals surface area (Å²) in [6, 6.07) is 5.89. The van der Waals surface area contributed by atoms with Crippen molar-refractivity contribution < 1.29 is 9.53 Å². The molecular weight excluding hydrogens is 224 g/mol. The van der Waals surface area contributed by atoms with Crippen LogP contribution in [0.4, 0.5) is 0 Å². The number of benzene rings is 1. The van der Waals surface area contributed by atoms with E-state index in [-0.39, 0.29) is 17.3 Å². The fourth-order valence-electron chi connectivity index (χ4n) is 2.31.